The van der Waals surface area contributed by atoms with Gasteiger partial charge in [0.25, 0.3) is 0 Å². The summed E-state index contributed by atoms with van der Waals surface area (Å²) in [4.78, 5) is 4.40. The van der Waals surface area contributed by atoms with Crippen LogP contribution in [0.1, 0.15) is 12.5 Å². The molecule has 1 aromatic rings. The van der Waals surface area contributed by atoms with E-state index >= 15 is 0 Å². The predicted molar refractivity (Wildman–Crippen MR) is 74.3 cm³/mol. The van der Waals surface area contributed by atoms with Crippen molar-refractivity contribution in [3.05, 3.63) is 48.3 Å². The zero-order valence-corrected chi connectivity index (χ0v) is 10.7. The van der Waals surface area contributed by atoms with E-state index in [0.717, 1.165) is 24.5 Å². The first kappa shape index (κ1) is 14.2. The topological polar surface area (TPSA) is 36.4 Å². The van der Waals surface area contributed by atoms with Crippen molar-refractivity contribution in [3.63, 3.8) is 0 Å². The Morgan fingerprint density at radius 1 is 1.44 bits per heavy atom. The molecule has 1 aromatic carbocycles. The molecule has 0 radical (unpaired) electrons. The molecule has 2 N–H and O–H groups in total. The lowest BCUT2D eigenvalue weighted by Crippen LogP contribution is -2.37. The first-order chi connectivity index (χ1) is 8.76. The first-order valence-electron chi connectivity index (χ1n) is 6.13. The Bertz CT molecular complexity index is 402. The van der Waals surface area contributed by atoms with Gasteiger partial charge in [0.15, 0.2) is 5.96 Å². The summed E-state index contributed by atoms with van der Waals surface area (Å²) in [6, 6.07) is 6.61. The standard InChI is InChI=1S/C14H20FN3/c1-3-9-17-14(16-4-2)18-10-8-12-6-5-7-13(15)11-12/h3,5-7,11H,1,4,8-10H2,2H3,(H2,16,17,18). The zero-order chi connectivity index (χ0) is 13.2. The van der Waals surface area contributed by atoms with Crippen LogP contribution in [0.5, 0.6) is 0 Å². The van der Waals surface area contributed by atoms with Gasteiger partial charge in [-0.3, -0.25) is 4.99 Å². The molecular formula is C14H20FN3. The Kier molecular flexibility index (Phi) is 6.54. The zero-order valence-electron chi connectivity index (χ0n) is 10.7. The molecule has 0 bridgehead atoms. The van der Waals surface area contributed by atoms with E-state index in [1.165, 1.54) is 6.07 Å². The van der Waals surface area contributed by atoms with Crippen molar-refractivity contribution in [2.75, 3.05) is 19.6 Å². The van der Waals surface area contributed by atoms with Crippen molar-refractivity contribution >= 4 is 5.96 Å². The van der Waals surface area contributed by atoms with E-state index in [0.29, 0.717) is 13.1 Å². The summed E-state index contributed by atoms with van der Waals surface area (Å²) >= 11 is 0. The van der Waals surface area contributed by atoms with E-state index in [-0.39, 0.29) is 5.82 Å². The maximum absolute atomic E-state index is 13.0. The summed E-state index contributed by atoms with van der Waals surface area (Å²) in [5, 5.41) is 6.25. The largest absolute Gasteiger partial charge is 0.357 e. The van der Waals surface area contributed by atoms with Gasteiger partial charge >= 0.3 is 0 Å². The molecule has 98 valence electrons. The van der Waals surface area contributed by atoms with Crippen LogP contribution in [-0.4, -0.2) is 25.6 Å². The number of aliphatic imine (C=N–C) groups is 1. The summed E-state index contributed by atoms with van der Waals surface area (Å²) in [6.45, 7) is 7.76. The van der Waals surface area contributed by atoms with Crippen molar-refractivity contribution in [2.45, 2.75) is 13.3 Å². The van der Waals surface area contributed by atoms with Crippen LogP contribution in [-0.2, 0) is 6.42 Å². The quantitative estimate of drug-likeness (QED) is 0.460. The number of rotatable bonds is 6. The molecule has 4 heteroatoms. The molecule has 3 nitrogen and oxygen atoms in total. The Labute approximate surface area is 108 Å². The van der Waals surface area contributed by atoms with Crippen LogP contribution in [0, 0.1) is 5.82 Å². The SMILES string of the molecule is C=CCNC(=NCCc1cccc(F)c1)NCC. The highest BCUT2D eigenvalue weighted by atomic mass is 19.1. The van der Waals surface area contributed by atoms with Gasteiger partial charge in [-0.2, -0.15) is 0 Å². The monoisotopic (exact) mass is 249 g/mol. The van der Waals surface area contributed by atoms with Gasteiger partial charge in [0.05, 0.1) is 0 Å². The van der Waals surface area contributed by atoms with Crippen LogP contribution in [0.3, 0.4) is 0 Å². The fraction of sp³-hybridized carbons (Fsp3) is 0.357. The number of nitrogens with zero attached hydrogens (tertiary/aromatic N) is 1. The van der Waals surface area contributed by atoms with E-state index in [2.05, 4.69) is 22.2 Å². The molecule has 0 saturated heterocycles. The minimum atomic E-state index is -0.201. The maximum atomic E-state index is 13.0. The van der Waals surface area contributed by atoms with Crippen LogP contribution >= 0.6 is 0 Å². The molecule has 0 saturated carbocycles. The number of halogens is 1. The van der Waals surface area contributed by atoms with Crippen molar-refractivity contribution < 1.29 is 4.39 Å². The van der Waals surface area contributed by atoms with Gasteiger partial charge < -0.3 is 10.6 Å². The highest BCUT2D eigenvalue weighted by molar-refractivity contribution is 5.79. The lowest BCUT2D eigenvalue weighted by molar-refractivity contribution is 0.625. The molecule has 0 aliphatic heterocycles. The van der Waals surface area contributed by atoms with Crippen LogP contribution in [0.2, 0.25) is 0 Å². The molecule has 0 fully saturated rings. The summed E-state index contributed by atoms with van der Waals surface area (Å²) < 4.78 is 13.0. The summed E-state index contributed by atoms with van der Waals surface area (Å²) in [5.74, 6) is 0.557. The summed E-state index contributed by atoms with van der Waals surface area (Å²) in [6.07, 6.45) is 2.50. The molecular weight excluding hydrogens is 229 g/mol. The van der Waals surface area contributed by atoms with Crippen LogP contribution in [0.4, 0.5) is 4.39 Å². The van der Waals surface area contributed by atoms with E-state index in [9.17, 15) is 4.39 Å². The average Bonchev–Trinajstić information content (AvgIpc) is 2.36. The lowest BCUT2D eigenvalue weighted by Gasteiger charge is -2.09. The van der Waals surface area contributed by atoms with Crippen molar-refractivity contribution in [3.8, 4) is 0 Å². The minimum Gasteiger partial charge on any atom is -0.357 e. The molecule has 0 spiro atoms. The summed E-state index contributed by atoms with van der Waals surface area (Å²) in [5.41, 5.74) is 0.957. The molecule has 1 rings (SSSR count). The van der Waals surface area contributed by atoms with Gasteiger partial charge in [-0.05, 0) is 31.0 Å². The Morgan fingerprint density at radius 2 is 2.28 bits per heavy atom. The van der Waals surface area contributed by atoms with E-state index < -0.39 is 0 Å². The Balaban J connectivity index is 2.47. The van der Waals surface area contributed by atoms with Crippen molar-refractivity contribution in [1.29, 1.82) is 0 Å². The van der Waals surface area contributed by atoms with Gasteiger partial charge in [0, 0.05) is 19.6 Å². The van der Waals surface area contributed by atoms with Crippen molar-refractivity contribution in [1.82, 2.24) is 10.6 Å². The third kappa shape index (κ3) is 5.48. The smallest absolute Gasteiger partial charge is 0.191 e. The van der Waals surface area contributed by atoms with Gasteiger partial charge in [0.1, 0.15) is 5.82 Å². The predicted octanol–water partition coefficient (Wildman–Crippen LogP) is 2.11. The van der Waals surface area contributed by atoms with Gasteiger partial charge in [-0.1, -0.05) is 18.2 Å². The molecule has 18 heavy (non-hydrogen) atoms. The maximum Gasteiger partial charge on any atom is 0.191 e. The fourth-order valence-corrected chi connectivity index (χ4v) is 1.50. The second-order valence-corrected chi connectivity index (χ2v) is 3.81. The summed E-state index contributed by atoms with van der Waals surface area (Å²) in [7, 11) is 0. The van der Waals surface area contributed by atoms with Crippen LogP contribution < -0.4 is 10.6 Å². The highest BCUT2D eigenvalue weighted by Crippen LogP contribution is 2.04. The molecule has 0 aliphatic carbocycles. The number of guanidine groups is 1. The Hall–Kier alpha value is -1.84. The fourth-order valence-electron chi connectivity index (χ4n) is 1.50. The molecule has 0 atom stereocenters. The van der Waals surface area contributed by atoms with Crippen LogP contribution in [0.25, 0.3) is 0 Å². The van der Waals surface area contributed by atoms with E-state index in [4.69, 9.17) is 0 Å². The van der Waals surface area contributed by atoms with Crippen LogP contribution in [0.15, 0.2) is 41.9 Å². The normalized spacial score (nSPS) is 11.1. The first-order valence-corrected chi connectivity index (χ1v) is 6.13. The van der Waals surface area contributed by atoms with Gasteiger partial charge in [-0.25, -0.2) is 4.39 Å². The minimum absolute atomic E-state index is 0.201. The third-order valence-electron chi connectivity index (χ3n) is 2.32. The molecule has 0 aliphatic rings. The third-order valence-corrected chi connectivity index (χ3v) is 2.32. The van der Waals surface area contributed by atoms with E-state index in [1.807, 2.05) is 13.0 Å². The second-order valence-electron chi connectivity index (χ2n) is 3.81. The molecule has 0 aromatic heterocycles. The Morgan fingerprint density at radius 3 is 2.94 bits per heavy atom. The average molecular weight is 249 g/mol. The lowest BCUT2D eigenvalue weighted by atomic mass is 10.1. The number of hydrogen-bond donors (Lipinski definition) is 2. The highest BCUT2D eigenvalue weighted by Gasteiger charge is 1.97. The number of nitrogens with one attached hydrogen (secondary N) is 2. The second kappa shape index (κ2) is 8.28. The number of hydrogen-bond acceptors (Lipinski definition) is 1. The number of benzene rings is 1. The van der Waals surface area contributed by atoms with Gasteiger partial charge in [0.2, 0.25) is 0 Å². The molecule has 0 heterocycles. The molecule has 0 amide bonds. The molecule has 0 unspecified atom stereocenters. The van der Waals surface area contributed by atoms with Gasteiger partial charge in [-0.15, -0.1) is 6.58 Å². The van der Waals surface area contributed by atoms with E-state index in [1.54, 1.807) is 18.2 Å². The van der Waals surface area contributed by atoms with Crippen molar-refractivity contribution in [2.24, 2.45) is 4.99 Å².